The molecule has 1 saturated carbocycles. The second kappa shape index (κ2) is 10.3. The molecule has 2 atom stereocenters. The average Bonchev–Trinajstić information content (AvgIpc) is 3.09. The van der Waals surface area contributed by atoms with E-state index >= 15 is 0 Å². The number of alkyl carbamates (subject to hydrolysis) is 1. The number of nitrogens with one attached hydrogen (secondary N) is 2. The van der Waals surface area contributed by atoms with Gasteiger partial charge in [0.2, 0.25) is 5.91 Å². The number of carbonyl (C=O) groups is 3. The molecule has 2 aliphatic rings. The van der Waals surface area contributed by atoms with Crippen molar-refractivity contribution in [2.45, 2.75) is 57.5 Å². The highest BCUT2D eigenvalue weighted by molar-refractivity contribution is 5.89. The molecule has 0 heterocycles. The molecular formula is C27H32N2O5. The summed E-state index contributed by atoms with van der Waals surface area (Å²) in [5.41, 5.74) is 4.50. The maximum absolute atomic E-state index is 12.9. The Bertz CT molecular complexity index is 1020. The van der Waals surface area contributed by atoms with E-state index in [0.29, 0.717) is 6.42 Å². The summed E-state index contributed by atoms with van der Waals surface area (Å²) >= 11 is 0. The third-order valence-electron chi connectivity index (χ3n) is 6.84. The van der Waals surface area contributed by atoms with E-state index in [2.05, 4.69) is 22.8 Å². The molecule has 34 heavy (non-hydrogen) atoms. The van der Waals surface area contributed by atoms with Crippen molar-refractivity contribution in [3.63, 3.8) is 0 Å². The maximum Gasteiger partial charge on any atom is 0.407 e. The highest BCUT2D eigenvalue weighted by atomic mass is 16.5. The van der Waals surface area contributed by atoms with Crippen molar-refractivity contribution in [2.24, 2.45) is 11.8 Å². The molecule has 0 aromatic heterocycles. The first-order chi connectivity index (χ1) is 16.3. The topological polar surface area (TPSA) is 105 Å². The van der Waals surface area contributed by atoms with E-state index in [1.54, 1.807) is 0 Å². The molecule has 2 aromatic rings. The zero-order chi connectivity index (χ0) is 24.2. The maximum atomic E-state index is 12.9. The highest BCUT2D eigenvalue weighted by Crippen LogP contribution is 2.44. The lowest BCUT2D eigenvalue weighted by atomic mass is 9.79. The summed E-state index contributed by atoms with van der Waals surface area (Å²) in [6.45, 7) is 4.04. The fraction of sp³-hybridized carbons (Fsp3) is 0.444. The van der Waals surface area contributed by atoms with Gasteiger partial charge in [-0.05, 0) is 53.4 Å². The summed E-state index contributed by atoms with van der Waals surface area (Å²) in [7, 11) is 0. The first-order valence-electron chi connectivity index (χ1n) is 12.0. The van der Waals surface area contributed by atoms with Crippen LogP contribution in [0.3, 0.4) is 0 Å². The van der Waals surface area contributed by atoms with Crippen LogP contribution in [0.1, 0.15) is 56.6 Å². The minimum absolute atomic E-state index is 0.0596. The Hall–Kier alpha value is -3.35. The average molecular weight is 465 g/mol. The van der Waals surface area contributed by atoms with Crippen molar-refractivity contribution in [2.75, 3.05) is 6.61 Å². The summed E-state index contributed by atoms with van der Waals surface area (Å²) < 4.78 is 5.59. The number of carboxylic acids is 1. The van der Waals surface area contributed by atoms with E-state index in [9.17, 15) is 19.5 Å². The third kappa shape index (κ3) is 5.08. The number of hydrogen-bond donors (Lipinski definition) is 3. The number of fused-ring (bicyclic) bond motifs is 3. The van der Waals surface area contributed by atoms with Crippen LogP contribution in [0.5, 0.6) is 0 Å². The van der Waals surface area contributed by atoms with Crippen molar-refractivity contribution in [3.8, 4) is 11.1 Å². The number of benzene rings is 2. The van der Waals surface area contributed by atoms with Crippen LogP contribution >= 0.6 is 0 Å². The molecule has 2 aromatic carbocycles. The summed E-state index contributed by atoms with van der Waals surface area (Å²) in [6, 6.07) is 14.4. The molecule has 0 bridgehead atoms. The van der Waals surface area contributed by atoms with E-state index in [1.165, 1.54) is 0 Å². The second-order valence-corrected chi connectivity index (χ2v) is 9.67. The van der Waals surface area contributed by atoms with Crippen LogP contribution < -0.4 is 10.6 Å². The van der Waals surface area contributed by atoms with Gasteiger partial charge in [-0.3, -0.25) is 4.79 Å². The molecule has 1 unspecified atom stereocenters. The fourth-order valence-electron chi connectivity index (χ4n) is 4.89. The first-order valence-corrected chi connectivity index (χ1v) is 12.0. The van der Waals surface area contributed by atoms with E-state index in [4.69, 9.17) is 4.74 Å². The predicted octanol–water partition coefficient (Wildman–Crippen LogP) is 4.31. The Kier molecular flexibility index (Phi) is 7.20. The van der Waals surface area contributed by atoms with E-state index < -0.39 is 30.1 Å². The number of amides is 2. The van der Waals surface area contributed by atoms with Crippen LogP contribution in [-0.4, -0.2) is 41.8 Å². The smallest absolute Gasteiger partial charge is 0.407 e. The molecule has 4 rings (SSSR count). The van der Waals surface area contributed by atoms with Gasteiger partial charge in [-0.15, -0.1) is 0 Å². The standard InChI is InChI=1S/C27H32N2O5/c1-16(2)14-23(25(30)29-24(26(31)32)17-8-7-9-17)28-27(33)34-15-22-20-12-5-3-10-18(20)19-11-4-6-13-21(19)22/h3-6,10-13,16-17,22-24H,7-9,14-15H2,1-2H3,(H,28,33)(H,29,30)(H,31,32)/t23-,24?/m0/s1. The summed E-state index contributed by atoms with van der Waals surface area (Å²) in [6.07, 6.45) is 2.24. The van der Waals surface area contributed by atoms with E-state index in [0.717, 1.165) is 41.5 Å². The van der Waals surface area contributed by atoms with Crippen LogP contribution in [0.2, 0.25) is 0 Å². The fourth-order valence-corrected chi connectivity index (χ4v) is 4.89. The van der Waals surface area contributed by atoms with Gasteiger partial charge in [-0.1, -0.05) is 68.8 Å². The Morgan fingerprint density at radius 2 is 1.56 bits per heavy atom. The number of aliphatic carboxylic acids is 1. The van der Waals surface area contributed by atoms with Crippen molar-refractivity contribution in [3.05, 3.63) is 59.7 Å². The van der Waals surface area contributed by atoms with Crippen LogP contribution in [0.25, 0.3) is 11.1 Å². The molecule has 0 radical (unpaired) electrons. The predicted molar refractivity (Wildman–Crippen MR) is 128 cm³/mol. The van der Waals surface area contributed by atoms with Gasteiger partial charge in [-0.2, -0.15) is 0 Å². The third-order valence-corrected chi connectivity index (χ3v) is 6.84. The van der Waals surface area contributed by atoms with Gasteiger partial charge in [0.25, 0.3) is 0 Å². The monoisotopic (exact) mass is 464 g/mol. The number of hydrogen-bond acceptors (Lipinski definition) is 4. The lowest BCUT2D eigenvalue weighted by molar-refractivity contribution is -0.144. The molecule has 0 aliphatic heterocycles. The molecule has 180 valence electrons. The second-order valence-electron chi connectivity index (χ2n) is 9.67. The summed E-state index contributed by atoms with van der Waals surface area (Å²) in [5.74, 6) is -1.54. The van der Waals surface area contributed by atoms with Gasteiger partial charge in [0.1, 0.15) is 18.7 Å². The molecule has 7 nitrogen and oxygen atoms in total. The van der Waals surface area contributed by atoms with Crippen molar-refractivity contribution < 1.29 is 24.2 Å². The summed E-state index contributed by atoms with van der Waals surface area (Å²) in [4.78, 5) is 37.3. The van der Waals surface area contributed by atoms with Crippen molar-refractivity contribution >= 4 is 18.0 Å². The minimum Gasteiger partial charge on any atom is -0.480 e. The Morgan fingerprint density at radius 3 is 2.06 bits per heavy atom. The van der Waals surface area contributed by atoms with Crippen LogP contribution in [0.4, 0.5) is 4.79 Å². The van der Waals surface area contributed by atoms with Crippen LogP contribution in [0.15, 0.2) is 48.5 Å². The molecule has 0 saturated heterocycles. The number of carbonyl (C=O) groups excluding carboxylic acids is 2. The largest absolute Gasteiger partial charge is 0.480 e. The Morgan fingerprint density at radius 1 is 0.971 bits per heavy atom. The SMILES string of the molecule is CC(C)C[C@H](NC(=O)OCC1c2ccccc2-c2ccccc21)C(=O)NC(C(=O)O)C1CCC1. The molecule has 2 amide bonds. The van der Waals surface area contributed by atoms with Gasteiger partial charge in [-0.25, -0.2) is 9.59 Å². The van der Waals surface area contributed by atoms with Crippen molar-refractivity contribution in [1.82, 2.24) is 10.6 Å². The van der Waals surface area contributed by atoms with Gasteiger partial charge in [0.05, 0.1) is 0 Å². The molecule has 1 fully saturated rings. The zero-order valence-electron chi connectivity index (χ0n) is 19.6. The van der Waals surface area contributed by atoms with Gasteiger partial charge < -0.3 is 20.5 Å². The number of carboxylic acid groups (broad SMARTS) is 1. The molecule has 3 N–H and O–H groups in total. The molecule has 0 spiro atoms. The van der Waals surface area contributed by atoms with E-state index in [-0.39, 0.29) is 24.4 Å². The zero-order valence-corrected chi connectivity index (χ0v) is 19.6. The highest BCUT2D eigenvalue weighted by Gasteiger charge is 2.36. The minimum atomic E-state index is -1.04. The van der Waals surface area contributed by atoms with Gasteiger partial charge in [0.15, 0.2) is 0 Å². The van der Waals surface area contributed by atoms with Crippen LogP contribution in [0, 0.1) is 11.8 Å². The Balaban J connectivity index is 1.40. The van der Waals surface area contributed by atoms with Gasteiger partial charge >= 0.3 is 12.1 Å². The Labute approximate surface area is 199 Å². The normalized spacial score (nSPS) is 16.7. The van der Waals surface area contributed by atoms with Crippen LogP contribution in [-0.2, 0) is 14.3 Å². The molecule has 7 heteroatoms. The lowest BCUT2D eigenvalue weighted by Gasteiger charge is -2.32. The molecular weight excluding hydrogens is 432 g/mol. The number of ether oxygens (including phenoxy) is 1. The first kappa shape index (κ1) is 23.8. The number of rotatable bonds is 9. The van der Waals surface area contributed by atoms with Gasteiger partial charge in [0, 0.05) is 5.92 Å². The van der Waals surface area contributed by atoms with E-state index in [1.807, 2.05) is 50.2 Å². The quantitative estimate of drug-likeness (QED) is 0.513. The van der Waals surface area contributed by atoms with Crippen molar-refractivity contribution in [1.29, 1.82) is 0 Å². The molecule has 2 aliphatic carbocycles. The lowest BCUT2D eigenvalue weighted by Crippen LogP contribution is -2.55. The summed E-state index contributed by atoms with van der Waals surface area (Å²) in [5, 5.41) is 14.9.